The lowest BCUT2D eigenvalue weighted by Crippen LogP contribution is -2.26. The molecule has 21 heavy (non-hydrogen) atoms. The Morgan fingerprint density at radius 3 is 2.95 bits per heavy atom. The van der Waals surface area contributed by atoms with Gasteiger partial charge in [-0.05, 0) is 40.4 Å². The minimum atomic E-state index is 0.187. The molecule has 0 aliphatic heterocycles. The number of aryl methyl sites for hydroxylation is 1. The highest BCUT2D eigenvalue weighted by Gasteiger charge is 2.11. The van der Waals surface area contributed by atoms with Crippen LogP contribution in [-0.4, -0.2) is 22.8 Å². The number of H-pyrrole nitrogens is 1. The van der Waals surface area contributed by atoms with Crippen LogP contribution in [0, 0.1) is 0 Å². The number of aromatic nitrogens is 1. The third-order valence-corrected chi connectivity index (χ3v) is 4.44. The molecule has 1 aromatic carbocycles. The van der Waals surface area contributed by atoms with Crippen molar-refractivity contribution in [1.29, 1.82) is 0 Å². The van der Waals surface area contributed by atoms with Crippen LogP contribution in [0.1, 0.15) is 17.5 Å². The number of carbonyl (C=O) groups is 1. The highest BCUT2D eigenvalue weighted by Crippen LogP contribution is 2.19. The predicted octanol–water partition coefficient (Wildman–Crippen LogP) is 3.82. The van der Waals surface area contributed by atoms with Crippen LogP contribution in [0.25, 0.3) is 10.9 Å². The van der Waals surface area contributed by atoms with E-state index in [0.29, 0.717) is 13.0 Å². The first-order valence-electron chi connectivity index (χ1n) is 7.04. The molecular weight excluding hydrogens is 280 g/mol. The standard InChI is InChI=1S/C17H18N2OS/c1-19(11-13-8-9-21-12-13)17(20)7-6-14-10-18-16-5-3-2-4-15(14)16/h2-5,8-10,12,18H,6-7,11H2,1H3. The van der Waals surface area contributed by atoms with E-state index in [0.717, 1.165) is 11.9 Å². The number of hydrogen-bond donors (Lipinski definition) is 1. The van der Waals surface area contributed by atoms with Crippen molar-refractivity contribution in [3.05, 3.63) is 58.4 Å². The molecule has 0 unspecified atom stereocenters. The first-order valence-corrected chi connectivity index (χ1v) is 7.98. The van der Waals surface area contributed by atoms with Gasteiger partial charge in [-0.25, -0.2) is 0 Å². The van der Waals surface area contributed by atoms with E-state index in [1.807, 2.05) is 30.8 Å². The number of thiophene rings is 1. The zero-order chi connectivity index (χ0) is 14.7. The summed E-state index contributed by atoms with van der Waals surface area (Å²) in [6.07, 6.45) is 3.33. The summed E-state index contributed by atoms with van der Waals surface area (Å²) < 4.78 is 0. The lowest BCUT2D eigenvalue weighted by molar-refractivity contribution is -0.130. The molecule has 3 aromatic rings. The summed E-state index contributed by atoms with van der Waals surface area (Å²) in [5.41, 5.74) is 3.54. The molecule has 0 saturated carbocycles. The molecule has 4 heteroatoms. The van der Waals surface area contributed by atoms with Crippen LogP contribution in [0.5, 0.6) is 0 Å². The van der Waals surface area contributed by atoms with E-state index in [2.05, 4.69) is 28.6 Å². The van der Waals surface area contributed by atoms with Crippen LogP contribution in [0.15, 0.2) is 47.3 Å². The molecule has 0 aliphatic rings. The molecule has 0 bridgehead atoms. The summed E-state index contributed by atoms with van der Waals surface area (Å²) in [4.78, 5) is 17.3. The fourth-order valence-electron chi connectivity index (χ4n) is 2.52. The van der Waals surface area contributed by atoms with Gasteiger partial charge in [-0.2, -0.15) is 11.3 Å². The van der Waals surface area contributed by atoms with Crippen LogP contribution in [0.4, 0.5) is 0 Å². The molecule has 108 valence electrons. The highest BCUT2D eigenvalue weighted by molar-refractivity contribution is 7.07. The van der Waals surface area contributed by atoms with Gasteiger partial charge in [0, 0.05) is 37.1 Å². The number of nitrogens with one attached hydrogen (secondary N) is 1. The molecule has 0 fully saturated rings. The van der Waals surface area contributed by atoms with Crippen molar-refractivity contribution >= 4 is 28.1 Å². The van der Waals surface area contributed by atoms with Crippen LogP contribution in [0.3, 0.4) is 0 Å². The summed E-state index contributed by atoms with van der Waals surface area (Å²) in [6.45, 7) is 0.691. The number of nitrogens with zero attached hydrogens (tertiary/aromatic N) is 1. The molecule has 0 radical (unpaired) electrons. The van der Waals surface area contributed by atoms with Gasteiger partial charge < -0.3 is 9.88 Å². The molecular formula is C17H18N2OS. The Balaban J connectivity index is 1.60. The third-order valence-electron chi connectivity index (χ3n) is 3.71. The molecule has 1 amide bonds. The summed E-state index contributed by atoms with van der Waals surface area (Å²) in [5, 5.41) is 5.34. The van der Waals surface area contributed by atoms with Crippen molar-refractivity contribution in [2.45, 2.75) is 19.4 Å². The summed E-state index contributed by atoms with van der Waals surface area (Å²) >= 11 is 1.66. The maximum atomic E-state index is 12.2. The zero-order valence-corrected chi connectivity index (χ0v) is 12.8. The normalized spacial score (nSPS) is 10.9. The van der Waals surface area contributed by atoms with Gasteiger partial charge in [0.1, 0.15) is 0 Å². The number of para-hydroxylation sites is 1. The molecule has 1 N–H and O–H groups in total. The third kappa shape index (κ3) is 3.16. The first-order chi connectivity index (χ1) is 10.2. The number of hydrogen-bond acceptors (Lipinski definition) is 2. The van der Waals surface area contributed by atoms with Crippen LogP contribution < -0.4 is 0 Å². The quantitative estimate of drug-likeness (QED) is 0.763. The fourth-order valence-corrected chi connectivity index (χ4v) is 3.18. The van der Waals surface area contributed by atoms with Gasteiger partial charge >= 0.3 is 0 Å². The van der Waals surface area contributed by atoms with E-state index in [9.17, 15) is 4.79 Å². The fraction of sp³-hybridized carbons (Fsp3) is 0.235. The van der Waals surface area contributed by atoms with Gasteiger partial charge in [0.05, 0.1) is 0 Å². The van der Waals surface area contributed by atoms with Crippen LogP contribution in [0.2, 0.25) is 0 Å². The molecule has 0 saturated heterocycles. The Bertz CT molecular complexity index is 730. The average Bonchev–Trinajstić information content (AvgIpc) is 3.14. The SMILES string of the molecule is CN(Cc1ccsc1)C(=O)CCc1c[nH]c2ccccc12. The minimum Gasteiger partial charge on any atom is -0.361 e. The topological polar surface area (TPSA) is 36.1 Å². The Kier molecular flexibility index (Phi) is 4.06. The molecule has 0 atom stereocenters. The monoisotopic (exact) mass is 298 g/mol. The van der Waals surface area contributed by atoms with Crippen molar-refractivity contribution in [3.63, 3.8) is 0 Å². The largest absolute Gasteiger partial charge is 0.361 e. The Morgan fingerprint density at radius 1 is 1.29 bits per heavy atom. The van der Waals surface area contributed by atoms with Gasteiger partial charge in [0.25, 0.3) is 0 Å². The van der Waals surface area contributed by atoms with Crippen LogP contribution in [-0.2, 0) is 17.8 Å². The summed E-state index contributed by atoms with van der Waals surface area (Å²) in [7, 11) is 1.87. The zero-order valence-electron chi connectivity index (χ0n) is 12.0. The lowest BCUT2D eigenvalue weighted by atomic mass is 10.1. The van der Waals surface area contributed by atoms with Gasteiger partial charge in [0.2, 0.25) is 5.91 Å². The number of carbonyl (C=O) groups excluding carboxylic acids is 1. The van der Waals surface area contributed by atoms with Crippen molar-refractivity contribution in [2.75, 3.05) is 7.05 Å². The van der Waals surface area contributed by atoms with Gasteiger partial charge in [-0.1, -0.05) is 18.2 Å². The Labute approximate surface area is 128 Å². The molecule has 3 rings (SSSR count). The van der Waals surface area contributed by atoms with Crippen molar-refractivity contribution in [3.8, 4) is 0 Å². The summed E-state index contributed by atoms with van der Waals surface area (Å²) in [5.74, 6) is 0.187. The number of amides is 1. The van der Waals surface area contributed by atoms with Crippen LogP contribution >= 0.6 is 11.3 Å². The number of rotatable bonds is 5. The molecule has 0 aliphatic carbocycles. The van der Waals surface area contributed by atoms with E-state index in [4.69, 9.17) is 0 Å². The lowest BCUT2D eigenvalue weighted by Gasteiger charge is -2.16. The van der Waals surface area contributed by atoms with Gasteiger partial charge in [-0.15, -0.1) is 0 Å². The van der Waals surface area contributed by atoms with Gasteiger partial charge in [0.15, 0.2) is 0 Å². The average molecular weight is 298 g/mol. The second-order valence-electron chi connectivity index (χ2n) is 5.24. The second kappa shape index (κ2) is 6.14. The van der Waals surface area contributed by atoms with E-state index in [1.54, 1.807) is 16.2 Å². The maximum absolute atomic E-state index is 12.2. The maximum Gasteiger partial charge on any atom is 0.222 e. The van der Waals surface area contributed by atoms with E-state index in [-0.39, 0.29) is 5.91 Å². The molecule has 0 spiro atoms. The second-order valence-corrected chi connectivity index (χ2v) is 6.02. The predicted molar refractivity (Wildman–Crippen MR) is 87.4 cm³/mol. The number of fused-ring (bicyclic) bond motifs is 1. The number of aromatic amines is 1. The Morgan fingerprint density at radius 2 is 2.14 bits per heavy atom. The van der Waals surface area contributed by atoms with E-state index >= 15 is 0 Å². The Hall–Kier alpha value is -2.07. The van der Waals surface area contributed by atoms with Crippen molar-refractivity contribution in [2.24, 2.45) is 0 Å². The van der Waals surface area contributed by atoms with Crippen molar-refractivity contribution in [1.82, 2.24) is 9.88 Å². The van der Waals surface area contributed by atoms with Crippen molar-refractivity contribution < 1.29 is 4.79 Å². The highest BCUT2D eigenvalue weighted by atomic mass is 32.1. The smallest absolute Gasteiger partial charge is 0.222 e. The van der Waals surface area contributed by atoms with E-state index < -0.39 is 0 Å². The summed E-state index contributed by atoms with van der Waals surface area (Å²) in [6, 6.07) is 10.3. The molecule has 2 aromatic heterocycles. The number of benzene rings is 1. The molecule has 3 nitrogen and oxygen atoms in total. The molecule has 2 heterocycles. The van der Waals surface area contributed by atoms with Gasteiger partial charge in [-0.3, -0.25) is 4.79 Å². The first kappa shape index (κ1) is 13.9. The van der Waals surface area contributed by atoms with E-state index in [1.165, 1.54) is 16.5 Å². The minimum absolute atomic E-state index is 0.187.